The molecule has 0 saturated carbocycles. The van der Waals surface area contributed by atoms with Crippen molar-refractivity contribution in [3.63, 3.8) is 0 Å². The fourth-order valence-corrected chi connectivity index (χ4v) is 5.90. The Balaban J connectivity index is 1.32. The van der Waals surface area contributed by atoms with Gasteiger partial charge in [-0.05, 0) is 44.0 Å². The zero-order valence-electron chi connectivity index (χ0n) is 22.9. The maximum absolute atomic E-state index is 14.7. The van der Waals surface area contributed by atoms with E-state index in [1.165, 1.54) is 29.5 Å². The molecule has 5 heterocycles. The fourth-order valence-electron chi connectivity index (χ4n) is 5.90. The number of benzene rings is 1. The SMILES string of the molecule is CO[C@@H]1C[C@H]2CN(c3cc4c(cc3NC(=O)c3cnn5cccnc35)CN(C[C@@H](F)C(C)(C)O)C4=O)CCN2C1. The molecule has 0 aliphatic carbocycles. The summed E-state index contributed by atoms with van der Waals surface area (Å²) in [5.41, 5.74) is 1.70. The molecule has 11 nitrogen and oxygen atoms in total. The minimum atomic E-state index is -1.60. The van der Waals surface area contributed by atoms with E-state index in [0.29, 0.717) is 34.1 Å². The van der Waals surface area contributed by atoms with Gasteiger partial charge in [0, 0.05) is 63.8 Å². The van der Waals surface area contributed by atoms with Crippen LogP contribution in [0.3, 0.4) is 0 Å². The van der Waals surface area contributed by atoms with Gasteiger partial charge in [-0.1, -0.05) is 0 Å². The first-order chi connectivity index (χ1) is 19.1. The quantitative estimate of drug-likeness (QED) is 0.458. The predicted molar refractivity (Wildman–Crippen MR) is 146 cm³/mol. The van der Waals surface area contributed by atoms with E-state index in [4.69, 9.17) is 4.74 Å². The second-order valence-electron chi connectivity index (χ2n) is 11.4. The molecule has 2 saturated heterocycles. The Bertz CT molecular complexity index is 1450. The van der Waals surface area contributed by atoms with Crippen molar-refractivity contribution in [2.24, 2.45) is 0 Å². The number of aromatic nitrogens is 3. The Morgan fingerprint density at radius 1 is 1.30 bits per heavy atom. The standard InChI is InChI=1S/C28H34FN7O4/c1-28(2,39)24(29)16-35-13-17-9-22(32-26(37)21-12-31-36-6-4-5-30-25(21)36)23(11-20(17)27(35)38)34-8-7-33-15-19(40-3)10-18(33)14-34/h4-6,9,11-12,18-19,24,39H,7-8,10,13-16H2,1-3H3,(H,32,37)/t18-,19+,24+/m0/s1. The third-order valence-electron chi connectivity index (χ3n) is 8.27. The summed E-state index contributed by atoms with van der Waals surface area (Å²) in [6.45, 7) is 5.93. The van der Waals surface area contributed by atoms with Crippen LogP contribution in [0.1, 0.15) is 46.5 Å². The van der Waals surface area contributed by atoms with Gasteiger partial charge in [0.15, 0.2) is 5.65 Å². The fraction of sp³-hybridized carbons (Fsp3) is 0.500. The molecule has 2 N–H and O–H groups in total. The number of aliphatic hydroxyl groups is 1. The Morgan fingerprint density at radius 3 is 2.90 bits per heavy atom. The molecule has 6 rings (SSSR count). The van der Waals surface area contributed by atoms with Gasteiger partial charge >= 0.3 is 0 Å². The highest BCUT2D eigenvalue weighted by molar-refractivity contribution is 6.10. The van der Waals surface area contributed by atoms with Crippen molar-refractivity contribution in [2.75, 3.05) is 50.1 Å². The van der Waals surface area contributed by atoms with E-state index < -0.39 is 11.8 Å². The maximum atomic E-state index is 14.7. The van der Waals surface area contributed by atoms with Crippen LogP contribution in [0.25, 0.3) is 5.65 Å². The van der Waals surface area contributed by atoms with Gasteiger partial charge in [-0.3, -0.25) is 14.5 Å². The van der Waals surface area contributed by atoms with Crippen LogP contribution in [-0.4, -0.2) is 105 Å². The molecule has 3 aliphatic heterocycles. The number of fused-ring (bicyclic) bond motifs is 3. The molecule has 2 aromatic heterocycles. The number of rotatable bonds is 7. The highest BCUT2D eigenvalue weighted by Gasteiger charge is 2.39. The third-order valence-corrected chi connectivity index (χ3v) is 8.27. The van der Waals surface area contributed by atoms with Crippen LogP contribution in [0.5, 0.6) is 0 Å². The van der Waals surface area contributed by atoms with Crippen LogP contribution in [0.4, 0.5) is 15.8 Å². The smallest absolute Gasteiger partial charge is 0.261 e. The lowest BCUT2D eigenvalue weighted by molar-refractivity contribution is -0.0159. The highest BCUT2D eigenvalue weighted by atomic mass is 19.1. The first-order valence-corrected chi connectivity index (χ1v) is 13.6. The summed E-state index contributed by atoms with van der Waals surface area (Å²) in [5.74, 6) is -0.646. The Morgan fingerprint density at radius 2 is 2.12 bits per heavy atom. The zero-order chi connectivity index (χ0) is 28.2. The first-order valence-electron chi connectivity index (χ1n) is 13.6. The minimum absolute atomic E-state index is 0.187. The normalized spacial score (nSPS) is 22.1. The van der Waals surface area contributed by atoms with Crippen LogP contribution >= 0.6 is 0 Å². The zero-order valence-corrected chi connectivity index (χ0v) is 22.9. The first kappa shape index (κ1) is 26.6. The van der Waals surface area contributed by atoms with Crippen molar-refractivity contribution in [2.45, 2.75) is 50.7 Å². The summed E-state index contributed by atoms with van der Waals surface area (Å²) in [7, 11) is 1.74. The number of ether oxygens (including phenoxy) is 1. The molecule has 0 bridgehead atoms. The lowest BCUT2D eigenvalue weighted by Crippen LogP contribution is -2.50. The lowest BCUT2D eigenvalue weighted by Gasteiger charge is -2.39. The van der Waals surface area contributed by atoms with Crippen LogP contribution in [-0.2, 0) is 11.3 Å². The number of nitrogens with one attached hydrogen (secondary N) is 1. The maximum Gasteiger partial charge on any atom is 0.261 e. The molecule has 0 spiro atoms. The van der Waals surface area contributed by atoms with Gasteiger partial charge in [0.2, 0.25) is 0 Å². The molecule has 3 aliphatic rings. The summed E-state index contributed by atoms with van der Waals surface area (Å²) in [6.07, 6.45) is 4.31. The lowest BCUT2D eigenvalue weighted by atomic mass is 10.0. The number of halogens is 1. The molecule has 12 heteroatoms. The van der Waals surface area contributed by atoms with Gasteiger partial charge < -0.3 is 25.0 Å². The molecule has 0 unspecified atom stereocenters. The van der Waals surface area contributed by atoms with Crippen molar-refractivity contribution in [1.82, 2.24) is 24.4 Å². The van der Waals surface area contributed by atoms with Gasteiger partial charge in [-0.25, -0.2) is 13.9 Å². The molecule has 2 fully saturated rings. The number of carbonyl (C=O) groups is 2. The number of hydrogen-bond acceptors (Lipinski definition) is 8. The van der Waals surface area contributed by atoms with Gasteiger partial charge in [-0.15, -0.1) is 0 Å². The summed E-state index contributed by atoms with van der Waals surface area (Å²) in [4.78, 5) is 37.2. The number of anilines is 2. The molecular weight excluding hydrogens is 517 g/mol. The molecule has 212 valence electrons. The molecule has 0 radical (unpaired) electrons. The van der Waals surface area contributed by atoms with Crippen molar-refractivity contribution < 1.29 is 23.8 Å². The van der Waals surface area contributed by atoms with Gasteiger partial charge in [0.1, 0.15) is 11.7 Å². The topological polar surface area (TPSA) is 116 Å². The Hall–Kier alpha value is -3.61. The van der Waals surface area contributed by atoms with Crippen LogP contribution in [0, 0.1) is 0 Å². The number of piperazine rings is 1. The van der Waals surface area contributed by atoms with Crippen LogP contribution < -0.4 is 10.2 Å². The molecule has 40 heavy (non-hydrogen) atoms. The van der Waals surface area contributed by atoms with E-state index in [-0.39, 0.29) is 31.0 Å². The molecular formula is C28H34FN7O4. The third kappa shape index (κ3) is 4.80. The second kappa shape index (κ2) is 10.1. The monoisotopic (exact) mass is 551 g/mol. The van der Waals surface area contributed by atoms with Crippen molar-refractivity contribution in [3.8, 4) is 0 Å². The molecule has 3 atom stereocenters. The summed E-state index contributed by atoms with van der Waals surface area (Å²) < 4.78 is 21.9. The number of hydrogen-bond donors (Lipinski definition) is 2. The van der Waals surface area contributed by atoms with Crippen molar-refractivity contribution >= 4 is 28.8 Å². The van der Waals surface area contributed by atoms with Gasteiger partial charge in [0.05, 0.1) is 35.8 Å². The predicted octanol–water partition coefficient (Wildman–Crippen LogP) is 1.96. The van der Waals surface area contributed by atoms with E-state index in [0.717, 1.165) is 38.3 Å². The van der Waals surface area contributed by atoms with E-state index >= 15 is 0 Å². The average Bonchev–Trinajstić information content (AvgIpc) is 3.62. The molecule has 3 aromatic rings. The largest absolute Gasteiger partial charge is 0.387 e. The summed E-state index contributed by atoms with van der Waals surface area (Å²) in [6, 6.07) is 5.66. The number of methoxy groups -OCH3 is 1. The number of amides is 2. The molecule has 1 aromatic carbocycles. The Labute approximate surface area is 231 Å². The number of alkyl halides is 1. The van der Waals surface area contributed by atoms with E-state index in [2.05, 4.69) is 25.2 Å². The van der Waals surface area contributed by atoms with E-state index in [1.807, 2.05) is 12.1 Å². The second-order valence-corrected chi connectivity index (χ2v) is 11.4. The van der Waals surface area contributed by atoms with Crippen LogP contribution in [0.2, 0.25) is 0 Å². The molecule has 2 amide bonds. The number of carbonyl (C=O) groups excluding carboxylic acids is 2. The summed E-state index contributed by atoms with van der Waals surface area (Å²) in [5, 5.41) is 17.4. The number of nitrogens with zero attached hydrogens (tertiary/aromatic N) is 6. The summed E-state index contributed by atoms with van der Waals surface area (Å²) >= 11 is 0. The minimum Gasteiger partial charge on any atom is -0.387 e. The van der Waals surface area contributed by atoms with Gasteiger partial charge in [-0.2, -0.15) is 5.10 Å². The van der Waals surface area contributed by atoms with Crippen molar-refractivity contribution in [1.29, 1.82) is 0 Å². The van der Waals surface area contributed by atoms with Crippen molar-refractivity contribution in [3.05, 3.63) is 53.5 Å². The van der Waals surface area contributed by atoms with E-state index in [9.17, 15) is 19.1 Å². The van der Waals surface area contributed by atoms with E-state index in [1.54, 1.807) is 25.6 Å². The average molecular weight is 552 g/mol. The highest BCUT2D eigenvalue weighted by Crippen LogP contribution is 2.37. The Kier molecular flexibility index (Phi) is 6.71. The van der Waals surface area contributed by atoms with Crippen LogP contribution in [0.15, 0.2) is 36.8 Å². The van der Waals surface area contributed by atoms with Gasteiger partial charge in [0.25, 0.3) is 11.8 Å².